The maximum atomic E-state index is 11.8. The summed E-state index contributed by atoms with van der Waals surface area (Å²) >= 11 is 0. The highest BCUT2D eigenvalue weighted by Gasteiger charge is 2.31. The van der Waals surface area contributed by atoms with Gasteiger partial charge in [-0.05, 0) is 31.0 Å². The maximum Gasteiger partial charge on any atom is 0.258 e. The van der Waals surface area contributed by atoms with Crippen molar-refractivity contribution in [2.45, 2.75) is 13.8 Å². The van der Waals surface area contributed by atoms with Gasteiger partial charge in [0.25, 0.3) is 23.6 Å². The van der Waals surface area contributed by atoms with Gasteiger partial charge in [-0.2, -0.15) is 0 Å². The van der Waals surface area contributed by atoms with Crippen LogP contribution in [0.1, 0.15) is 11.1 Å². The summed E-state index contributed by atoms with van der Waals surface area (Å²) in [5.41, 5.74) is 2.15. The molecule has 6 heteroatoms. The molecule has 1 aromatic carbocycles. The lowest BCUT2D eigenvalue weighted by atomic mass is 10.1. The van der Waals surface area contributed by atoms with E-state index in [1.165, 1.54) is 30.4 Å². The average Bonchev–Trinajstić information content (AvgIpc) is 2.95. The van der Waals surface area contributed by atoms with Gasteiger partial charge >= 0.3 is 0 Å². The van der Waals surface area contributed by atoms with Crippen LogP contribution in [0.3, 0.4) is 0 Å². The number of anilines is 2. The molecular weight excluding hydrogens is 284 g/mol. The zero-order valence-corrected chi connectivity index (χ0v) is 12.0. The first kappa shape index (κ1) is 13.9. The van der Waals surface area contributed by atoms with Crippen LogP contribution in [-0.4, -0.2) is 23.6 Å². The molecule has 0 N–H and O–H groups in total. The Bertz CT molecular complexity index is 705. The second kappa shape index (κ2) is 4.77. The third-order valence-corrected chi connectivity index (χ3v) is 3.61. The zero-order chi connectivity index (χ0) is 16.0. The van der Waals surface area contributed by atoms with Gasteiger partial charge in [-0.15, -0.1) is 0 Å². The fraction of sp³-hybridized carbons (Fsp3) is 0.125. The molecular formula is C16H12N2O4. The van der Waals surface area contributed by atoms with E-state index in [4.69, 9.17) is 0 Å². The summed E-state index contributed by atoms with van der Waals surface area (Å²) in [6.45, 7) is 3.52. The van der Waals surface area contributed by atoms with Crippen LogP contribution in [0.5, 0.6) is 0 Å². The highest BCUT2D eigenvalue weighted by Crippen LogP contribution is 2.33. The van der Waals surface area contributed by atoms with Crippen molar-refractivity contribution in [3.63, 3.8) is 0 Å². The Hall–Kier alpha value is -3.02. The molecule has 0 atom stereocenters. The van der Waals surface area contributed by atoms with E-state index in [0.29, 0.717) is 22.5 Å². The minimum atomic E-state index is -0.444. The van der Waals surface area contributed by atoms with Crippen molar-refractivity contribution in [1.82, 2.24) is 0 Å². The van der Waals surface area contributed by atoms with Crippen LogP contribution >= 0.6 is 0 Å². The fourth-order valence-corrected chi connectivity index (χ4v) is 2.59. The summed E-state index contributed by atoms with van der Waals surface area (Å²) in [6.07, 6.45) is 4.76. The van der Waals surface area contributed by atoms with Crippen molar-refractivity contribution in [3.05, 3.63) is 47.6 Å². The number of aryl methyl sites for hydroxylation is 2. The molecule has 1 aromatic rings. The molecule has 0 saturated carbocycles. The van der Waals surface area contributed by atoms with Gasteiger partial charge in [-0.25, -0.2) is 9.80 Å². The standard InChI is InChI=1S/C16H12N2O4/c1-9-7-10(2)12(18-15(21)5-6-16(18)22)8-11(9)17-13(19)3-4-14(17)20/h3-8H,1-2H3. The van der Waals surface area contributed by atoms with Crippen molar-refractivity contribution in [2.75, 3.05) is 9.80 Å². The SMILES string of the molecule is Cc1cc(C)c(N2C(=O)C=CC2=O)cc1N1C(=O)C=CC1=O. The van der Waals surface area contributed by atoms with Crippen LogP contribution in [-0.2, 0) is 19.2 Å². The van der Waals surface area contributed by atoms with Gasteiger partial charge in [-0.1, -0.05) is 6.07 Å². The van der Waals surface area contributed by atoms with Crippen molar-refractivity contribution in [1.29, 1.82) is 0 Å². The Morgan fingerprint density at radius 3 is 1.23 bits per heavy atom. The topological polar surface area (TPSA) is 74.8 Å². The summed E-state index contributed by atoms with van der Waals surface area (Å²) in [4.78, 5) is 49.4. The number of imide groups is 2. The molecule has 22 heavy (non-hydrogen) atoms. The number of nitrogens with zero attached hydrogens (tertiary/aromatic N) is 2. The van der Waals surface area contributed by atoms with Crippen LogP contribution < -0.4 is 9.80 Å². The molecule has 0 aromatic heterocycles. The number of hydrogen-bond acceptors (Lipinski definition) is 4. The number of amides is 4. The third-order valence-electron chi connectivity index (χ3n) is 3.61. The van der Waals surface area contributed by atoms with E-state index in [1.807, 2.05) is 0 Å². The Morgan fingerprint density at radius 1 is 0.591 bits per heavy atom. The van der Waals surface area contributed by atoms with Crippen LogP contribution in [0, 0.1) is 13.8 Å². The minimum absolute atomic E-state index is 0.369. The Balaban J connectivity index is 2.12. The molecule has 4 amide bonds. The van der Waals surface area contributed by atoms with Crippen LogP contribution in [0.4, 0.5) is 11.4 Å². The number of benzene rings is 1. The Labute approximate surface area is 126 Å². The largest absolute Gasteiger partial charge is 0.269 e. The smallest absolute Gasteiger partial charge is 0.258 e. The van der Waals surface area contributed by atoms with Crippen LogP contribution in [0.25, 0.3) is 0 Å². The van der Waals surface area contributed by atoms with Crippen LogP contribution in [0.2, 0.25) is 0 Å². The fourth-order valence-electron chi connectivity index (χ4n) is 2.59. The lowest BCUT2D eigenvalue weighted by Gasteiger charge is -2.22. The van der Waals surface area contributed by atoms with E-state index in [0.717, 1.165) is 9.80 Å². The van der Waals surface area contributed by atoms with E-state index in [1.54, 1.807) is 19.9 Å². The first-order chi connectivity index (χ1) is 10.4. The predicted octanol–water partition coefficient (Wildman–Crippen LogP) is 1.16. The van der Waals surface area contributed by atoms with Gasteiger partial charge in [0.1, 0.15) is 0 Å². The highest BCUT2D eigenvalue weighted by atomic mass is 16.2. The van der Waals surface area contributed by atoms with Crippen molar-refractivity contribution in [2.24, 2.45) is 0 Å². The molecule has 0 aliphatic carbocycles. The Morgan fingerprint density at radius 2 is 0.909 bits per heavy atom. The first-order valence-electron chi connectivity index (χ1n) is 6.63. The maximum absolute atomic E-state index is 11.8. The van der Waals surface area contributed by atoms with Crippen molar-refractivity contribution < 1.29 is 19.2 Å². The first-order valence-corrected chi connectivity index (χ1v) is 6.63. The number of rotatable bonds is 2. The number of carbonyl (C=O) groups is 4. The molecule has 0 bridgehead atoms. The van der Waals surface area contributed by atoms with E-state index >= 15 is 0 Å². The lowest BCUT2D eigenvalue weighted by molar-refractivity contribution is -0.121. The summed E-state index contributed by atoms with van der Waals surface area (Å²) in [6, 6.07) is 3.26. The van der Waals surface area contributed by atoms with Gasteiger partial charge in [0.05, 0.1) is 11.4 Å². The molecule has 6 nitrogen and oxygen atoms in total. The predicted molar refractivity (Wildman–Crippen MR) is 79.2 cm³/mol. The molecule has 2 aliphatic rings. The molecule has 0 saturated heterocycles. The summed E-state index contributed by atoms with van der Waals surface area (Å²) in [7, 11) is 0. The molecule has 0 radical (unpaired) electrons. The molecule has 2 heterocycles. The van der Waals surface area contributed by atoms with E-state index < -0.39 is 23.6 Å². The van der Waals surface area contributed by atoms with Gasteiger partial charge < -0.3 is 0 Å². The quantitative estimate of drug-likeness (QED) is 0.768. The molecule has 0 unspecified atom stereocenters. The minimum Gasteiger partial charge on any atom is -0.269 e. The number of hydrogen-bond donors (Lipinski definition) is 0. The average molecular weight is 296 g/mol. The summed E-state index contributed by atoms with van der Waals surface area (Å²) < 4.78 is 0. The van der Waals surface area contributed by atoms with Gasteiger partial charge in [0.2, 0.25) is 0 Å². The number of carbonyl (C=O) groups excluding carboxylic acids is 4. The molecule has 0 spiro atoms. The van der Waals surface area contributed by atoms with E-state index in [9.17, 15) is 19.2 Å². The van der Waals surface area contributed by atoms with Crippen molar-refractivity contribution in [3.8, 4) is 0 Å². The molecule has 3 rings (SSSR count). The van der Waals surface area contributed by atoms with E-state index in [-0.39, 0.29) is 0 Å². The third kappa shape index (κ3) is 1.96. The van der Waals surface area contributed by atoms with Gasteiger partial charge in [-0.3, -0.25) is 19.2 Å². The van der Waals surface area contributed by atoms with Gasteiger partial charge in [0.15, 0.2) is 0 Å². The van der Waals surface area contributed by atoms with E-state index in [2.05, 4.69) is 0 Å². The summed E-state index contributed by atoms with van der Waals surface area (Å²) in [5, 5.41) is 0. The zero-order valence-electron chi connectivity index (χ0n) is 12.0. The van der Waals surface area contributed by atoms with Gasteiger partial charge in [0, 0.05) is 24.3 Å². The second-order valence-corrected chi connectivity index (χ2v) is 5.12. The highest BCUT2D eigenvalue weighted by molar-refractivity contribution is 6.30. The molecule has 2 aliphatic heterocycles. The summed E-state index contributed by atoms with van der Waals surface area (Å²) in [5.74, 6) is -1.78. The lowest BCUT2D eigenvalue weighted by Crippen LogP contribution is -2.33. The molecule has 0 fully saturated rings. The normalized spacial score (nSPS) is 17.4. The second-order valence-electron chi connectivity index (χ2n) is 5.12. The molecule has 110 valence electrons. The van der Waals surface area contributed by atoms with Crippen LogP contribution in [0.15, 0.2) is 36.4 Å². The Kier molecular flexibility index (Phi) is 3.02. The monoisotopic (exact) mass is 296 g/mol. The van der Waals surface area contributed by atoms with Crippen molar-refractivity contribution >= 4 is 35.0 Å².